The van der Waals surface area contributed by atoms with Gasteiger partial charge in [-0.1, -0.05) is 176 Å². The minimum Gasteiger partial charge on any atom is -0.390 e. The summed E-state index contributed by atoms with van der Waals surface area (Å²) < 4.78 is 392. The SMILES string of the molecule is FC(F)(F)C(F)(F)C(F)(F)C(F)(F)C(F)(F)C(F)(F)CCc1cccc(P(c2cccc(CCC(F)(F)C(F)(F)C(F)(F)C(F)(F)C(F)(F)C(F)(F)F)c2)c2ccc3ccccc3c2-c2c(Op3oc4ccc5ccccc5c4c4c(ccc5ccccc54)o3)ccc3ccccc23)c1. The van der Waals surface area contributed by atoms with Gasteiger partial charge >= 0.3 is 79.8 Å². The van der Waals surface area contributed by atoms with Crippen molar-refractivity contribution in [3.63, 3.8) is 0 Å². The van der Waals surface area contributed by atoms with Crippen LogP contribution in [0.5, 0.6) is 5.75 Å². The third-order valence-corrected chi connectivity index (χ3v) is 20.1. The van der Waals surface area contributed by atoms with E-state index in [2.05, 4.69) is 0 Å². The van der Waals surface area contributed by atoms with Gasteiger partial charge < -0.3 is 12.9 Å². The first-order valence-electron chi connectivity index (χ1n) is 28.8. The fourth-order valence-corrected chi connectivity index (χ4v) is 15.1. The highest BCUT2D eigenvalue weighted by molar-refractivity contribution is 7.80. The fraction of sp³-hybridized carbons (Fsp3) is 0.235. The van der Waals surface area contributed by atoms with Crippen molar-refractivity contribution in [1.82, 2.24) is 0 Å². The zero-order valence-corrected chi connectivity index (χ0v) is 51.0. The number of benzene rings is 10. The first-order valence-corrected chi connectivity index (χ1v) is 31.2. The van der Waals surface area contributed by atoms with Crippen molar-refractivity contribution in [1.29, 1.82) is 0 Å². The average Bonchev–Trinajstić information content (AvgIpc) is 1.12. The van der Waals surface area contributed by atoms with E-state index in [4.69, 9.17) is 12.9 Å². The zero-order chi connectivity index (χ0) is 72.3. The minimum atomic E-state index is -8.22. The Bertz CT molecular complexity index is 4730. The van der Waals surface area contributed by atoms with Crippen LogP contribution in [0.1, 0.15) is 24.0 Å². The van der Waals surface area contributed by atoms with Crippen molar-refractivity contribution < 1.29 is 127 Å². The minimum absolute atomic E-state index is 0.0430. The van der Waals surface area contributed by atoms with Gasteiger partial charge in [-0.25, -0.2) is 0 Å². The molecule has 0 amide bonds. The first kappa shape index (κ1) is 71.8. The molecule has 31 heteroatoms. The summed E-state index contributed by atoms with van der Waals surface area (Å²) in [5.74, 6) is -77.3. The van der Waals surface area contributed by atoms with Gasteiger partial charge in [0.1, 0.15) is 16.9 Å². The molecule has 0 aliphatic heterocycles. The molecule has 0 radical (unpaired) electrons. The molecule has 0 saturated carbocycles. The van der Waals surface area contributed by atoms with Crippen molar-refractivity contribution in [3.8, 4) is 16.9 Å². The molecule has 522 valence electrons. The van der Waals surface area contributed by atoms with E-state index in [1.54, 1.807) is 91.0 Å². The molecule has 0 aliphatic rings. The monoisotopic (exact) mass is 1460 g/mol. The number of hydrogen-bond donors (Lipinski definition) is 0. The summed E-state index contributed by atoms with van der Waals surface area (Å²) in [7, 11) is -5.39. The van der Waals surface area contributed by atoms with Crippen LogP contribution in [0.25, 0.3) is 76.2 Å². The highest BCUT2D eigenvalue weighted by Gasteiger charge is 2.92. The Morgan fingerprint density at radius 2 is 0.646 bits per heavy atom. The standard InChI is InChI=1S/C68H40F26O3P2/c69-57(70,59(73,74)61(77,78)63(81,82)65(85,86)67(89,90)91)33-31-37-11-9-17-43(35-37)98(44-18-10-12-38(36-44)32-34-58(71,72)60(75,76)62(79,80)64(83,84)66(87,88)68(92,93)94)52-30-26-42-16-4-8-22-48(42)56(52)55-47-21-7-3-15-41(47)25-29-51(55)97-99-95-49-27-23-39-13-1-5-19-45(39)53(49)54-46-20-6-2-14-40(46)24-28-50(54)96-99/h1-30,35-36H,31-34H2. The molecule has 11 aromatic rings. The summed E-state index contributed by atoms with van der Waals surface area (Å²) in [5, 5.41) is 5.45. The number of alkyl halides is 26. The van der Waals surface area contributed by atoms with Crippen molar-refractivity contribution in [2.45, 2.75) is 97.3 Å². The largest absolute Gasteiger partial charge is 0.460 e. The van der Waals surface area contributed by atoms with Crippen LogP contribution in [-0.2, 0) is 12.8 Å². The molecule has 1 aromatic heterocycles. The van der Waals surface area contributed by atoms with E-state index >= 15 is 35.1 Å². The number of aryl methyl sites for hydroxylation is 2. The fourth-order valence-electron chi connectivity index (χ4n) is 11.4. The van der Waals surface area contributed by atoms with Crippen LogP contribution < -0.4 is 20.4 Å². The molecule has 0 bridgehead atoms. The summed E-state index contributed by atoms with van der Waals surface area (Å²) in [6.07, 6.45) is -24.1. The number of rotatable bonds is 20. The Labute approximate surface area is 541 Å². The Morgan fingerprint density at radius 1 is 0.313 bits per heavy atom. The molecule has 11 rings (SSSR count). The molecule has 0 atom stereocenters. The number of fused-ring (bicyclic) bond motifs is 9. The second kappa shape index (κ2) is 24.7. The molecule has 3 nitrogen and oxygen atoms in total. The van der Waals surface area contributed by atoms with E-state index in [1.165, 1.54) is 30.3 Å². The van der Waals surface area contributed by atoms with Crippen LogP contribution in [0.15, 0.2) is 203 Å². The van der Waals surface area contributed by atoms with Crippen molar-refractivity contribution in [2.75, 3.05) is 0 Å². The maximum Gasteiger partial charge on any atom is 0.460 e. The van der Waals surface area contributed by atoms with Gasteiger partial charge in [0.15, 0.2) is 0 Å². The molecule has 0 fully saturated rings. The Hall–Kier alpha value is -8.45. The quantitative estimate of drug-likeness (QED) is 0.0563. The first-order chi connectivity index (χ1) is 45.9. The van der Waals surface area contributed by atoms with E-state index in [0.717, 1.165) is 57.9 Å². The van der Waals surface area contributed by atoms with E-state index in [9.17, 15) is 79.0 Å². The van der Waals surface area contributed by atoms with Crippen LogP contribution >= 0.6 is 16.2 Å². The molecular weight excluding hydrogens is 1420 g/mol. The predicted octanol–water partition coefficient (Wildman–Crippen LogP) is 23.5. The highest BCUT2D eigenvalue weighted by Crippen LogP contribution is 2.63. The van der Waals surface area contributed by atoms with Gasteiger partial charge in [0, 0.05) is 34.7 Å². The molecular formula is C68H40F26O3P2. The molecule has 0 N–H and O–H groups in total. The van der Waals surface area contributed by atoms with Crippen molar-refractivity contribution >= 4 is 97.1 Å². The molecule has 0 saturated heterocycles. The van der Waals surface area contributed by atoms with Crippen molar-refractivity contribution in [3.05, 3.63) is 205 Å². The van der Waals surface area contributed by atoms with Crippen LogP contribution in [0, 0.1) is 0 Å². The predicted molar refractivity (Wildman–Crippen MR) is 321 cm³/mol. The Balaban J connectivity index is 1.09. The summed E-state index contributed by atoms with van der Waals surface area (Å²) in [6.45, 7) is 0. The van der Waals surface area contributed by atoms with Gasteiger partial charge in [-0.15, -0.1) is 0 Å². The Kier molecular flexibility index (Phi) is 17.9. The lowest BCUT2D eigenvalue weighted by atomic mass is 9.91. The van der Waals surface area contributed by atoms with E-state index in [1.807, 2.05) is 36.4 Å². The van der Waals surface area contributed by atoms with E-state index in [-0.39, 0.29) is 44.0 Å². The maximum absolute atomic E-state index is 15.5. The van der Waals surface area contributed by atoms with E-state index in [0.29, 0.717) is 32.3 Å². The number of hydrogen-bond acceptors (Lipinski definition) is 3. The normalized spacial score (nSPS) is 14.0. The summed E-state index contributed by atoms with van der Waals surface area (Å²) in [5.41, 5.74) is -0.429. The molecule has 0 spiro atoms. The van der Waals surface area contributed by atoms with Crippen LogP contribution in [0.3, 0.4) is 0 Å². The zero-order valence-electron chi connectivity index (χ0n) is 49.2. The van der Waals surface area contributed by atoms with Crippen LogP contribution in [0.2, 0.25) is 0 Å². The molecule has 0 aliphatic carbocycles. The van der Waals surface area contributed by atoms with Crippen LogP contribution in [0.4, 0.5) is 114 Å². The van der Waals surface area contributed by atoms with Gasteiger partial charge in [0.25, 0.3) is 0 Å². The number of halogens is 26. The molecule has 10 aromatic carbocycles. The average molecular weight is 1460 g/mol. The van der Waals surface area contributed by atoms with Gasteiger partial charge in [0.05, 0.1) is 0 Å². The van der Waals surface area contributed by atoms with Crippen molar-refractivity contribution in [2.24, 2.45) is 0 Å². The van der Waals surface area contributed by atoms with Gasteiger partial charge in [-0.3, -0.25) is 0 Å². The lowest BCUT2D eigenvalue weighted by molar-refractivity contribution is -0.440. The molecule has 1 heterocycles. The van der Waals surface area contributed by atoms with Gasteiger partial charge in [-0.05, 0) is 109 Å². The summed E-state index contributed by atoms with van der Waals surface area (Å²) in [4.78, 5) is 0. The Morgan fingerprint density at radius 3 is 1.04 bits per heavy atom. The summed E-state index contributed by atoms with van der Waals surface area (Å²) in [6, 6.07) is 48.4. The van der Waals surface area contributed by atoms with E-state index < -0.39 is 125 Å². The van der Waals surface area contributed by atoms with Gasteiger partial charge in [-0.2, -0.15) is 114 Å². The second-order valence-corrected chi connectivity index (χ2v) is 26.0. The lowest BCUT2D eigenvalue weighted by Gasteiger charge is -2.39. The summed E-state index contributed by atoms with van der Waals surface area (Å²) >= 11 is 0. The third-order valence-electron chi connectivity index (χ3n) is 16.6. The lowest BCUT2D eigenvalue weighted by Crippen LogP contribution is -2.70. The van der Waals surface area contributed by atoms with Gasteiger partial charge in [0.2, 0.25) is 0 Å². The third kappa shape index (κ3) is 11.8. The topological polar surface area (TPSA) is 35.5 Å². The smallest absolute Gasteiger partial charge is 0.390 e. The maximum atomic E-state index is 15.5. The molecule has 99 heavy (non-hydrogen) atoms. The highest BCUT2D eigenvalue weighted by atomic mass is 31.1. The molecule has 0 unspecified atom stereocenters. The van der Waals surface area contributed by atoms with Crippen LogP contribution in [-0.4, -0.2) is 71.6 Å². The second-order valence-electron chi connectivity index (χ2n) is 22.8.